The molecule has 1 heterocycles. The summed E-state index contributed by atoms with van der Waals surface area (Å²) in [7, 11) is -2.08. The van der Waals surface area contributed by atoms with Gasteiger partial charge >= 0.3 is 5.91 Å². The van der Waals surface area contributed by atoms with E-state index in [-0.39, 0.29) is 22.6 Å². The van der Waals surface area contributed by atoms with E-state index >= 15 is 0 Å². The minimum absolute atomic E-state index is 0.00538. The van der Waals surface area contributed by atoms with Gasteiger partial charge in [-0.05, 0) is 57.8 Å². The first-order valence-electron chi connectivity index (χ1n) is 8.41. The highest BCUT2D eigenvalue weighted by Gasteiger charge is 2.38. The van der Waals surface area contributed by atoms with Crippen molar-refractivity contribution in [2.24, 2.45) is 0 Å². The van der Waals surface area contributed by atoms with Gasteiger partial charge in [0.2, 0.25) is 0 Å². The van der Waals surface area contributed by atoms with Gasteiger partial charge in [-0.1, -0.05) is 32.4 Å². The third kappa shape index (κ3) is 5.87. The molecule has 0 saturated carbocycles. The summed E-state index contributed by atoms with van der Waals surface area (Å²) in [6, 6.07) is 3.54. The molecule has 2 rings (SSSR count). The SMILES string of the molecule is CC(C)(C)[Si](C)(C)OC[C@@H](NC(=O)c1nc(Br)co1)c1cc(F)cc(Cl)c1. The summed E-state index contributed by atoms with van der Waals surface area (Å²) in [5.74, 6) is -1.10. The van der Waals surface area contributed by atoms with Gasteiger partial charge in [0.15, 0.2) is 8.32 Å². The van der Waals surface area contributed by atoms with Gasteiger partial charge in [-0.25, -0.2) is 4.39 Å². The van der Waals surface area contributed by atoms with E-state index in [1.54, 1.807) is 6.07 Å². The minimum Gasteiger partial charge on any atom is -0.440 e. The summed E-state index contributed by atoms with van der Waals surface area (Å²) in [5, 5.41) is 3.04. The van der Waals surface area contributed by atoms with Crippen LogP contribution in [0.5, 0.6) is 0 Å². The molecule has 5 nitrogen and oxygen atoms in total. The monoisotopic (exact) mass is 476 g/mol. The number of rotatable bonds is 6. The molecule has 0 aliphatic heterocycles. The molecule has 1 aromatic heterocycles. The molecular weight excluding hydrogens is 455 g/mol. The maximum Gasteiger partial charge on any atom is 0.307 e. The fourth-order valence-corrected chi connectivity index (χ4v) is 3.59. The summed E-state index contributed by atoms with van der Waals surface area (Å²) >= 11 is 9.13. The second kappa shape index (κ2) is 8.42. The molecule has 9 heteroatoms. The van der Waals surface area contributed by atoms with Crippen LogP contribution >= 0.6 is 27.5 Å². The first-order chi connectivity index (χ1) is 12.4. The second-order valence-electron chi connectivity index (χ2n) is 7.78. The molecule has 1 atom stereocenters. The van der Waals surface area contributed by atoms with Crippen LogP contribution in [-0.4, -0.2) is 25.8 Å². The van der Waals surface area contributed by atoms with E-state index in [0.717, 1.165) is 0 Å². The van der Waals surface area contributed by atoms with Crippen LogP contribution in [0.2, 0.25) is 23.2 Å². The Kier molecular flexibility index (Phi) is 6.89. The van der Waals surface area contributed by atoms with Gasteiger partial charge in [0.05, 0.1) is 12.6 Å². The van der Waals surface area contributed by atoms with E-state index in [2.05, 4.69) is 60.1 Å². The summed E-state index contributed by atoms with van der Waals surface area (Å²) in [6.45, 7) is 10.8. The molecule has 1 aromatic carbocycles. The first-order valence-corrected chi connectivity index (χ1v) is 12.5. The molecule has 0 bridgehead atoms. The Balaban J connectivity index is 2.26. The normalized spacial score (nSPS) is 13.5. The maximum atomic E-state index is 13.8. The molecule has 1 amide bonds. The van der Waals surface area contributed by atoms with Crippen molar-refractivity contribution in [3.8, 4) is 0 Å². The van der Waals surface area contributed by atoms with Gasteiger partial charge in [-0.2, -0.15) is 4.98 Å². The molecule has 27 heavy (non-hydrogen) atoms. The van der Waals surface area contributed by atoms with Gasteiger partial charge in [0, 0.05) is 5.02 Å². The molecule has 0 unspecified atom stereocenters. The highest BCUT2D eigenvalue weighted by Crippen LogP contribution is 2.37. The zero-order valence-electron chi connectivity index (χ0n) is 15.9. The second-order valence-corrected chi connectivity index (χ2v) is 13.8. The largest absolute Gasteiger partial charge is 0.440 e. The van der Waals surface area contributed by atoms with Gasteiger partial charge in [0.25, 0.3) is 5.89 Å². The van der Waals surface area contributed by atoms with Crippen molar-refractivity contribution in [1.82, 2.24) is 10.3 Å². The Morgan fingerprint density at radius 3 is 2.59 bits per heavy atom. The molecule has 0 saturated heterocycles. The van der Waals surface area contributed by atoms with Crippen LogP contribution in [0.15, 0.2) is 33.5 Å². The number of amides is 1. The zero-order valence-corrected chi connectivity index (χ0v) is 19.2. The number of oxazole rings is 1. The number of nitrogens with zero attached hydrogens (tertiary/aromatic N) is 1. The van der Waals surface area contributed by atoms with E-state index in [1.807, 2.05) is 0 Å². The van der Waals surface area contributed by atoms with Crippen molar-refractivity contribution in [1.29, 1.82) is 0 Å². The Morgan fingerprint density at radius 1 is 1.41 bits per heavy atom. The Labute approximate surface area is 172 Å². The van der Waals surface area contributed by atoms with Crippen LogP contribution in [0.1, 0.15) is 43.1 Å². The topological polar surface area (TPSA) is 64.4 Å². The number of aromatic nitrogens is 1. The summed E-state index contributed by atoms with van der Waals surface area (Å²) in [5.41, 5.74) is 0.512. The van der Waals surface area contributed by atoms with Gasteiger partial charge in [0.1, 0.15) is 16.7 Å². The number of nitrogens with one attached hydrogen (secondary N) is 1. The van der Waals surface area contributed by atoms with Crippen LogP contribution < -0.4 is 5.32 Å². The highest BCUT2D eigenvalue weighted by molar-refractivity contribution is 9.10. The van der Waals surface area contributed by atoms with Gasteiger partial charge in [-0.3, -0.25) is 4.79 Å². The van der Waals surface area contributed by atoms with Gasteiger partial charge in [-0.15, -0.1) is 0 Å². The molecule has 0 fully saturated rings. The van der Waals surface area contributed by atoms with E-state index in [1.165, 1.54) is 18.4 Å². The lowest BCUT2D eigenvalue weighted by Crippen LogP contribution is -2.43. The summed E-state index contributed by atoms with van der Waals surface area (Å²) < 4.78 is 25.6. The number of hydrogen-bond acceptors (Lipinski definition) is 4. The maximum absolute atomic E-state index is 13.8. The van der Waals surface area contributed by atoms with Crippen molar-refractivity contribution in [2.45, 2.75) is 44.9 Å². The predicted molar refractivity (Wildman–Crippen MR) is 109 cm³/mol. The van der Waals surface area contributed by atoms with Gasteiger partial charge < -0.3 is 14.2 Å². The number of carbonyl (C=O) groups is 1. The summed E-state index contributed by atoms with van der Waals surface area (Å²) in [6.07, 6.45) is 1.31. The third-order valence-electron chi connectivity index (χ3n) is 4.68. The lowest BCUT2D eigenvalue weighted by Gasteiger charge is -2.37. The third-order valence-corrected chi connectivity index (χ3v) is 9.76. The van der Waals surface area contributed by atoms with E-state index in [4.69, 9.17) is 20.4 Å². The van der Waals surface area contributed by atoms with E-state index in [0.29, 0.717) is 10.2 Å². The molecule has 0 spiro atoms. The highest BCUT2D eigenvalue weighted by atomic mass is 79.9. The van der Waals surface area contributed by atoms with Crippen LogP contribution in [0, 0.1) is 5.82 Å². The lowest BCUT2D eigenvalue weighted by molar-refractivity contribution is 0.0883. The standard InChI is InChI=1S/C18H23BrClFN2O3Si/c1-18(2,3)27(4,5)26-9-14(11-6-12(20)8-13(21)7-11)22-16(24)17-23-15(19)10-25-17/h6-8,10,14H,9H2,1-5H3,(H,22,24)/t14-/m1/s1. The average molecular weight is 478 g/mol. The molecule has 2 aromatic rings. The van der Waals surface area contributed by atoms with Crippen molar-refractivity contribution in [3.63, 3.8) is 0 Å². The first kappa shape index (κ1) is 22.1. The van der Waals surface area contributed by atoms with Crippen LogP contribution in [0.25, 0.3) is 0 Å². The van der Waals surface area contributed by atoms with Crippen molar-refractivity contribution >= 4 is 41.8 Å². The minimum atomic E-state index is -2.08. The Morgan fingerprint density at radius 2 is 2.07 bits per heavy atom. The Bertz CT molecular complexity index is 803. The van der Waals surface area contributed by atoms with Crippen molar-refractivity contribution in [2.75, 3.05) is 6.61 Å². The fraction of sp³-hybridized carbons (Fsp3) is 0.444. The Hall–Kier alpha value is -1.22. The molecule has 1 N–H and O–H groups in total. The average Bonchev–Trinajstić information content (AvgIpc) is 2.95. The van der Waals surface area contributed by atoms with Crippen molar-refractivity contribution < 1.29 is 18.0 Å². The van der Waals surface area contributed by atoms with Crippen LogP contribution in [-0.2, 0) is 4.43 Å². The van der Waals surface area contributed by atoms with E-state index < -0.39 is 26.1 Å². The molecule has 0 radical (unpaired) electrons. The van der Waals surface area contributed by atoms with Crippen molar-refractivity contribution in [3.05, 3.63) is 51.4 Å². The quantitative estimate of drug-likeness (QED) is 0.540. The van der Waals surface area contributed by atoms with Crippen LogP contribution in [0.3, 0.4) is 0 Å². The number of hydrogen-bond donors (Lipinski definition) is 1. The molecular formula is C18H23BrClFN2O3Si. The van der Waals surface area contributed by atoms with E-state index in [9.17, 15) is 9.18 Å². The fourth-order valence-electron chi connectivity index (χ4n) is 2.08. The lowest BCUT2D eigenvalue weighted by atomic mass is 10.1. The molecule has 0 aliphatic carbocycles. The number of benzene rings is 1. The number of carbonyl (C=O) groups excluding carboxylic acids is 1. The smallest absolute Gasteiger partial charge is 0.307 e. The predicted octanol–water partition coefficient (Wildman–Crippen LogP) is 5.72. The van der Waals surface area contributed by atoms with Crippen LogP contribution in [0.4, 0.5) is 4.39 Å². The molecule has 148 valence electrons. The zero-order chi connectivity index (χ0) is 20.4. The summed E-state index contributed by atoms with van der Waals surface area (Å²) in [4.78, 5) is 16.4. The molecule has 0 aliphatic rings. The number of halogens is 3.